The Hall–Kier alpha value is -1.12. The molecular formula is C10H17N3. The van der Waals surface area contributed by atoms with Crippen LogP contribution in [0, 0.1) is 13.8 Å². The average Bonchev–Trinajstić information content (AvgIpc) is 2.13. The Morgan fingerprint density at radius 1 is 1.15 bits per heavy atom. The van der Waals surface area contributed by atoms with Gasteiger partial charge in [-0.25, -0.2) is 0 Å². The Balaban J connectivity index is 2.90. The van der Waals surface area contributed by atoms with Gasteiger partial charge in [0, 0.05) is 0 Å². The van der Waals surface area contributed by atoms with Gasteiger partial charge in [0.2, 0.25) is 0 Å². The van der Waals surface area contributed by atoms with Crippen molar-refractivity contribution in [3.8, 4) is 0 Å². The van der Waals surface area contributed by atoms with E-state index in [0.717, 1.165) is 17.7 Å². The van der Waals surface area contributed by atoms with E-state index in [1.165, 1.54) is 18.4 Å². The molecule has 0 fully saturated rings. The minimum atomic E-state index is 0.553. The van der Waals surface area contributed by atoms with Crippen molar-refractivity contribution in [1.29, 1.82) is 0 Å². The second-order valence-electron chi connectivity index (χ2n) is 3.39. The van der Waals surface area contributed by atoms with Gasteiger partial charge in [0.05, 0.1) is 5.69 Å². The lowest BCUT2D eigenvalue weighted by molar-refractivity contribution is 0.752. The molecule has 0 amide bonds. The first-order valence-corrected chi connectivity index (χ1v) is 4.75. The van der Waals surface area contributed by atoms with Gasteiger partial charge in [0.15, 0.2) is 0 Å². The Morgan fingerprint density at radius 2 is 1.85 bits per heavy atom. The minimum absolute atomic E-state index is 0.553. The summed E-state index contributed by atoms with van der Waals surface area (Å²) in [6, 6.07) is 0. The van der Waals surface area contributed by atoms with Gasteiger partial charge in [0.25, 0.3) is 0 Å². The van der Waals surface area contributed by atoms with Crippen LogP contribution in [0.2, 0.25) is 0 Å². The van der Waals surface area contributed by atoms with Crippen LogP contribution < -0.4 is 5.73 Å². The molecule has 0 aliphatic rings. The van der Waals surface area contributed by atoms with Crippen molar-refractivity contribution in [2.75, 3.05) is 5.73 Å². The summed E-state index contributed by atoms with van der Waals surface area (Å²) in [5.41, 5.74) is 9.00. The molecule has 0 atom stereocenters. The predicted octanol–water partition coefficient (Wildman–Crippen LogP) is 2.02. The van der Waals surface area contributed by atoms with Gasteiger partial charge in [-0.2, -0.15) is 5.10 Å². The van der Waals surface area contributed by atoms with Gasteiger partial charge in [-0.1, -0.05) is 13.3 Å². The van der Waals surface area contributed by atoms with Crippen molar-refractivity contribution in [3.63, 3.8) is 0 Å². The Bertz CT molecular complexity index is 294. The van der Waals surface area contributed by atoms with Crippen molar-refractivity contribution >= 4 is 5.82 Å². The van der Waals surface area contributed by atoms with Crippen molar-refractivity contribution in [1.82, 2.24) is 10.2 Å². The zero-order valence-corrected chi connectivity index (χ0v) is 8.59. The highest BCUT2D eigenvalue weighted by atomic mass is 15.1. The van der Waals surface area contributed by atoms with E-state index in [9.17, 15) is 0 Å². The van der Waals surface area contributed by atoms with Crippen molar-refractivity contribution in [2.24, 2.45) is 0 Å². The van der Waals surface area contributed by atoms with Crippen LogP contribution in [0.25, 0.3) is 0 Å². The fourth-order valence-electron chi connectivity index (χ4n) is 1.25. The molecule has 1 aromatic heterocycles. The number of aromatic nitrogens is 2. The fraction of sp³-hybridized carbons (Fsp3) is 0.600. The predicted molar refractivity (Wildman–Crippen MR) is 54.5 cm³/mol. The second-order valence-corrected chi connectivity index (χ2v) is 3.39. The van der Waals surface area contributed by atoms with E-state index < -0.39 is 0 Å². The second kappa shape index (κ2) is 4.21. The van der Waals surface area contributed by atoms with E-state index in [1.54, 1.807) is 0 Å². The molecule has 3 nitrogen and oxygen atoms in total. The number of aryl methyl sites for hydroxylation is 1. The van der Waals surface area contributed by atoms with Crippen LogP contribution in [0.15, 0.2) is 0 Å². The smallest absolute Gasteiger partial charge is 0.149 e. The molecule has 0 saturated carbocycles. The summed E-state index contributed by atoms with van der Waals surface area (Å²) in [6.45, 7) is 6.23. The Labute approximate surface area is 79.4 Å². The first-order valence-electron chi connectivity index (χ1n) is 4.75. The van der Waals surface area contributed by atoms with Crippen LogP contribution in [0.4, 0.5) is 5.82 Å². The number of nitrogens with zero attached hydrogens (tertiary/aromatic N) is 2. The Kier molecular flexibility index (Phi) is 3.23. The maximum Gasteiger partial charge on any atom is 0.149 e. The number of hydrogen-bond donors (Lipinski definition) is 1. The molecule has 0 aliphatic carbocycles. The normalized spacial score (nSPS) is 10.4. The number of nitrogen functional groups attached to an aromatic ring is 1. The highest BCUT2D eigenvalue weighted by Crippen LogP contribution is 2.15. The molecule has 0 aromatic carbocycles. The molecule has 3 heteroatoms. The van der Waals surface area contributed by atoms with Crippen LogP contribution in [0.1, 0.15) is 36.6 Å². The molecule has 0 saturated heterocycles. The lowest BCUT2D eigenvalue weighted by Gasteiger charge is -2.07. The van der Waals surface area contributed by atoms with Gasteiger partial charge in [0.1, 0.15) is 5.82 Å². The van der Waals surface area contributed by atoms with Crippen LogP contribution in [-0.2, 0) is 6.42 Å². The summed E-state index contributed by atoms with van der Waals surface area (Å²) in [5.74, 6) is 0.553. The topological polar surface area (TPSA) is 51.8 Å². The zero-order chi connectivity index (χ0) is 9.84. The maximum absolute atomic E-state index is 5.64. The van der Waals surface area contributed by atoms with Gasteiger partial charge in [-0.05, 0) is 37.8 Å². The summed E-state index contributed by atoms with van der Waals surface area (Å²) < 4.78 is 0. The molecule has 0 spiro atoms. The molecule has 1 aromatic rings. The number of rotatable bonds is 3. The molecule has 2 N–H and O–H groups in total. The van der Waals surface area contributed by atoms with Gasteiger partial charge >= 0.3 is 0 Å². The third-order valence-electron chi connectivity index (χ3n) is 2.43. The number of anilines is 1. The summed E-state index contributed by atoms with van der Waals surface area (Å²) in [6.07, 6.45) is 3.36. The van der Waals surface area contributed by atoms with E-state index in [-0.39, 0.29) is 0 Å². The van der Waals surface area contributed by atoms with E-state index in [0.29, 0.717) is 5.82 Å². The van der Waals surface area contributed by atoms with Crippen molar-refractivity contribution < 1.29 is 0 Å². The van der Waals surface area contributed by atoms with Gasteiger partial charge in [-0.15, -0.1) is 5.10 Å². The molecular weight excluding hydrogens is 162 g/mol. The van der Waals surface area contributed by atoms with Crippen LogP contribution in [0.3, 0.4) is 0 Å². The molecule has 1 heterocycles. The number of nitrogens with two attached hydrogens (primary N) is 1. The van der Waals surface area contributed by atoms with Gasteiger partial charge < -0.3 is 5.73 Å². The number of hydrogen-bond acceptors (Lipinski definition) is 3. The molecule has 13 heavy (non-hydrogen) atoms. The molecule has 1 rings (SSSR count). The molecule has 0 unspecified atom stereocenters. The minimum Gasteiger partial charge on any atom is -0.382 e. The quantitative estimate of drug-likeness (QED) is 0.772. The molecule has 0 aliphatic heterocycles. The highest BCUT2D eigenvalue weighted by molar-refractivity contribution is 5.43. The van der Waals surface area contributed by atoms with E-state index >= 15 is 0 Å². The largest absolute Gasteiger partial charge is 0.382 e. The first kappa shape index (κ1) is 9.96. The molecule has 0 radical (unpaired) electrons. The lowest BCUT2D eigenvalue weighted by Crippen LogP contribution is -2.04. The monoisotopic (exact) mass is 179 g/mol. The van der Waals surface area contributed by atoms with E-state index in [1.807, 2.05) is 6.92 Å². The highest BCUT2D eigenvalue weighted by Gasteiger charge is 2.06. The Morgan fingerprint density at radius 3 is 2.46 bits per heavy atom. The molecule has 72 valence electrons. The third kappa shape index (κ3) is 2.17. The third-order valence-corrected chi connectivity index (χ3v) is 2.43. The summed E-state index contributed by atoms with van der Waals surface area (Å²) >= 11 is 0. The van der Waals surface area contributed by atoms with Crippen LogP contribution in [-0.4, -0.2) is 10.2 Å². The average molecular weight is 179 g/mol. The van der Waals surface area contributed by atoms with E-state index in [2.05, 4.69) is 24.0 Å². The van der Waals surface area contributed by atoms with Gasteiger partial charge in [-0.3, -0.25) is 0 Å². The number of unbranched alkanes of at least 4 members (excludes halogenated alkanes) is 1. The summed E-state index contributed by atoms with van der Waals surface area (Å²) in [5, 5.41) is 8.02. The zero-order valence-electron chi connectivity index (χ0n) is 8.59. The van der Waals surface area contributed by atoms with Crippen LogP contribution >= 0.6 is 0 Å². The van der Waals surface area contributed by atoms with Crippen LogP contribution in [0.5, 0.6) is 0 Å². The fourth-order valence-corrected chi connectivity index (χ4v) is 1.25. The standard InChI is InChI=1S/C10H17N3/c1-4-5-6-9-7(2)8(3)10(11)13-12-9/h4-6H2,1-3H3,(H2,11,13). The first-order chi connectivity index (χ1) is 6.16. The van der Waals surface area contributed by atoms with E-state index in [4.69, 9.17) is 5.73 Å². The van der Waals surface area contributed by atoms with Crippen molar-refractivity contribution in [2.45, 2.75) is 40.0 Å². The summed E-state index contributed by atoms with van der Waals surface area (Å²) in [7, 11) is 0. The summed E-state index contributed by atoms with van der Waals surface area (Å²) in [4.78, 5) is 0. The molecule has 0 bridgehead atoms. The van der Waals surface area contributed by atoms with Crippen molar-refractivity contribution in [3.05, 3.63) is 16.8 Å². The SMILES string of the molecule is CCCCc1nnc(N)c(C)c1C. The lowest BCUT2D eigenvalue weighted by atomic mass is 10.1. The maximum atomic E-state index is 5.64.